The van der Waals surface area contributed by atoms with Crippen LogP contribution in [0.3, 0.4) is 0 Å². The van der Waals surface area contributed by atoms with Gasteiger partial charge in [-0.25, -0.2) is 9.97 Å². The maximum absolute atomic E-state index is 5.32. The van der Waals surface area contributed by atoms with Crippen molar-refractivity contribution >= 4 is 34.7 Å². The first-order valence-corrected chi connectivity index (χ1v) is 6.97. The van der Waals surface area contributed by atoms with Gasteiger partial charge in [-0.2, -0.15) is 0 Å². The van der Waals surface area contributed by atoms with Crippen LogP contribution in [-0.4, -0.2) is 19.5 Å². The van der Waals surface area contributed by atoms with E-state index < -0.39 is 0 Å². The van der Waals surface area contributed by atoms with Gasteiger partial charge in [-0.05, 0) is 31.3 Å². The topological polar surface area (TPSA) is 46.5 Å². The number of nitrogens with zero attached hydrogens (tertiary/aromatic N) is 3. The average molecular weight is 276 g/mol. The van der Waals surface area contributed by atoms with Crippen LogP contribution in [0.4, 0.5) is 0 Å². The van der Waals surface area contributed by atoms with Gasteiger partial charge in [-0.1, -0.05) is 0 Å². The Morgan fingerprint density at radius 3 is 3.17 bits per heavy atom. The van der Waals surface area contributed by atoms with Gasteiger partial charge in [0.05, 0.1) is 16.2 Å². The Morgan fingerprint density at radius 1 is 1.50 bits per heavy atom. The predicted octanol–water partition coefficient (Wildman–Crippen LogP) is 3.10. The van der Waals surface area contributed by atoms with E-state index in [-0.39, 0.29) is 0 Å². The van der Waals surface area contributed by atoms with Crippen LogP contribution in [0.5, 0.6) is 0 Å². The molecule has 92 valence electrons. The molecule has 3 rings (SSSR count). The summed E-state index contributed by atoms with van der Waals surface area (Å²) in [6.07, 6.45) is 2.66. The summed E-state index contributed by atoms with van der Waals surface area (Å²) in [7, 11) is 0. The fourth-order valence-corrected chi connectivity index (χ4v) is 2.88. The zero-order chi connectivity index (χ0) is 12.5. The second-order valence-corrected chi connectivity index (χ2v) is 5.51. The Bertz CT molecular complexity index is 738. The van der Waals surface area contributed by atoms with Crippen LogP contribution >= 0.6 is 23.6 Å². The van der Waals surface area contributed by atoms with Crippen molar-refractivity contribution in [2.75, 3.05) is 0 Å². The lowest BCUT2D eigenvalue weighted by atomic mass is 10.3. The molecule has 0 bridgehead atoms. The second-order valence-electron chi connectivity index (χ2n) is 4.06. The zero-order valence-corrected chi connectivity index (χ0v) is 11.5. The van der Waals surface area contributed by atoms with Crippen LogP contribution in [-0.2, 0) is 13.0 Å². The number of aromatic nitrogens is 4. The first-order valence-electron chi connectivity index (χ1n) is 5.68. The van der Waals surface area contributed by atoms with E-state index in [1.54, 1.807) is 17.5 Å². The first-order chi connectivity index (χ1) is 8.74. The summed E-state index contributed by atoms with van der Waals surface area (Å²) >= 11 is 7.00. The highest BCUT2D eigenvalue weighted by Crippen LogP contribution is 2.13. The van der Waals surface area contributed by atoms with E-state index in [4.69, 9.17) is 12.2 Å². The first kappa shape index (κ1) is 11.6. The Labute approximate surface area is 113 Å². The lowest BCUT2D eigenvalue weighted by Gasteiger charge is -2.01. The molecule has 6 heteroatoms. The Balaban J connectivity index is 1.90. The summed E-state index contributed by atoms with van der Waals surface area (Å²) in [4.78, 5) is 12.0. The number of hydrogen-bond acceptors (Lipinski definition) is 4. The van der Waals surface area contributed by atoms with Crippen LogP contribution in [0.2, 0.25) is 0 Å². The minimum atomic E-state index is 0.718. The minimum Gasteiger partial charge on any atom is -0.329 e. The molecule has 0 aromatic carbocycles. The summed E-state index contributed by atoms with van der Waals surface area (Å²) in [5.74, 6) is 0. The van der Waals surface area contributed by atoms with Crippen molar-refractivity contribution < 1.29 is 0 Å². The van der Waals surface area contributed by atoms with Crippen LogP contribution in [0.15, 0.2) is 23.7 Å². The van der Waals surface area contributed by atoms with Crippen molar-refractivity contribution in [2.24, 2.45) is 0 Å². The van der Waals surface area contributed by atoms with Crippen molar-refractivity contribution in [1.82, 2.24) is 19.5 Å². The fourth-order valence-electron chi connectivity index (χ4n) is 1.95. The monoisotopic (exact) mass is 276 g/mol. The molecule has 0 aliphatic rings. The molecule has 0 amide bonds. The van der Waals surface area contributed by atoms with Crippen LogP contribution in [0.25, 0.3) is 11.2 Å². The molecule has 0 atom stereocenters. The van der Waals surface area contributed by atoms with Crippen LogP contribution in [0, 0.1) is 11.7 Å². The van der Waals surface area contributed by atoms with Gasteiger partial charge in [0, 0.05) is 24.5 Å². The standard InChI is InChI=1S/C12H12N4S2/c1-8-14-9(7-18-8)4-6-16-11-10(15-12(16)17)3-2-5-13-11/h2-3,5,7H,4,6H2,1H3,(H,15,17). The lowest BCUT2D eigenvalue weighted by Crippen LogP contribution is -2.02. The van der Waals surface area contributed by atoms with E-state index in [9.17, 15) is 0 Å². The Morgan fingerprint density at radius 2 is 2.39 bits per heavy atom. The van der Waals surface area contributed by atoms with Crippen LogP contribution < -0.4 is 0 Å². The van der Waals surface area contributed by atoms with E-state index in [1.165, 1.54) is 0 Å². The van der Waals surface area contributed by atoms with Gasteiger partial charge < -0.3 is 9.55 Å². The Kier molecular flexibility index (Phi) is 2.97. The molecular formula is C12H12N4S2. The Hall–Kier alpha value is -1.53. The highest BCUT2D eigenvalue weighted by Gasteiger charge is 2.06. The van der Waals surface area contributed by atoms with Crippen molar-refractivity contribution in [3.05, 3.63) is 39.2 Å². The van der Waals surface area contributed by atoms with Crippen molar-refractivity contribution in [1.29, 1.82) is 0 Å². The number of pyridine rings is 1. The van der Waals surface area contributed by atoms with E-state index in [2.05, 4.69) is 20.3 Å². The summed E-state index contributed by atoms with van der Waals surface area (Å²) in [5, 5.41) is 3.20. The van der Waals surface area contributed by atoms with Crippen molar-refractivity contribution in [2.45, 2.75) is 19.9 Å². The molecule has 0 fully saturated rings. The van der Waals surface area contributed by atoms with Crippen LogP contribution in [0.1, 0.15) is 10.7 Å². The molecule has 0 saturated heterocycles. The van der Waals surface area contributed by atoms with Gasteiger partial charge >= 0.3 is 0 Å². The molecule has 0 unspecified atom stereocenters. The second kappa shape index (κ2) is 4.62. The lowest BCUT2D eigenvalue weighted by molar-refractivity contribution is 0.691. The third kappa shape index (κ3) is 2.09. The van der Waals surface area contributed by atoms with Crippen molar-refractivity contribution in [3.63, 3.8) is 0 Å². The van der Waals surface area contributed by atoms with E-state index in [0.717, 1.165) is 39.6 Å². The minimum absolute atomic E-state index is 0.718. The molecule has 0 radical (unpaired) electrons. The quantitative estimate of drug-likeness (QED) is 0.748. The number of hydrogen-bond donors (Lipinski definition) is 1. The number of thiazole rings is 1. The van der Waals surface area contributed by atoms with Gasteiger partial charge in [-0.3, -0.25) is 0 Å². The fraction of sp³-hybridized carbons (Fsp3) is 0.250. The average Bonchev–Trinajstić information content (AvgIpc) is 2.90. The number of aromatic amines is 1. The molecular weight excluding hydrogens is 264 g/mol. The molecule has 1 N–H and O–H groups in total. The highest BCUT2D eigenvalue weighted by molar-refractivity contribution is 7.71. The van der Waals surface area contributed by atoms with E-state index in [0.29, 0.717) is 0 Å². The number of fused-ring (bicyclic) bond motifs is 1. The molecule has 0 saturated carbocycles. The van der Waals surface area contributed by atoms with Gasteiger partial charge in [0.2, 0.25) is 0 Å². The van der Waals surface area contributed by atoms with Gasteiger partial charge in [0.15, 0.2) is 10.4 Å². The molecule has 4 nitrogen and oxygen atoms in total. The molecule has 3 aromatic rings. The maximum atomic E-state index is 5.32. The number of aryl methyl sites for hydroxylation is 3. The highest BCUT2D eigenvalue weighted by atomic mass is 32.1. The van der Waals surface area contributed by atoms with Crippen molar-refractivity contribution in [3.8, 4) is 0 Å². The van der Waals surface area contributed by atoms with E-state index >= 15 is 0 Å². The van der Waals surface area contributed by atoms with Gasteiger partial charge in [0.1, 0.15) is 0 Å². The normalized spacial score (nSPS) is 11.2. The van der Waals surface area contributed by atoms with Gasteiger partial charge in [-0.15, -0.1) is 11.3 Å². The third-order valence-corrected chi connectivity index (χ3v) is 3.93. The molecule has 0 aliphatic heterocycles. The summed E-state index contributed by atoms with van der Waals surface area (Å²) in [6.45, 7) is 2.83. The molecule has 0 aliphatic carbocycles. The van der Waals surface area contributed by atoms with Gasteiger partial charge in [0.25, 0.3) is 0 Å². The molecule has 3 heterocycles. The number of nitrogens with one attached hydrogen (secondary N) is 1. The predicted molar refractivity (Wildman–Crippen MR) is 75.5 cm³/mol. The number of H-pyrrole nitrogens is 1. The number of rotatable bonds is 3. The molecule has 18 heavy (non-hydrogen) atoms. The molecule has 0 spiro atoms. The smallest absolute Gasteiger partial charge is 0.179 e. The SMILES string of the molecule is Cc1nc(CCn2c(=S)[nH]c3cccnc32)cs1. The summed E-state index contributed by atoms with van der Waals surface area (Å²) < 4.78 is 2.75. The largest absolute Gasteiger partial charge is 0.329 e. The zero-order valence-electron chi connectivity index (χ0n) is 9.88. The summed E-state index contributed by atoms with van der Waals surface area (Å²) in [6, 6.07) is 3.89. The summed E-state index contributed by atoms with van der Waals surface area (Å²) in [5.41, 5.74) is 3.01. The maximum Gasteiger partial charge on any atom is 0.179 e. The molecule has 3 aromatic heterocycles. The third-order valence-electron chi connectivity index (χ3n) is 2.79. The number of imidazole rings is 1. The van der Waals surface area contributed by atoms with E-state index in [1.807, 2.05) is 23.6 Å².